The molecule has 2 aliphatic carbocycles. The number of hydrogen-bond donors (Lipinski definition) is 1. The highest BCUT2D eigenvalue weighted by Crippen LogP contribution is 2.49. The summed E-state index contributed by atoms with van der Waals surface area (Å²) in [5.41, 5.74) is 3.97. The quantitative estimate of drug-likeness (QED) is 0.773. The molecule has 1 N–H and O–H groups in total. The Bertz CT molecular complexity index is 866. The lowest BCUT2D eigenvalue weighted by Gasteiger charge is -2.39. The second kappa shape index (κ2) is 7.83. The smallest absolute Gasteiger partial charge is 0.157 e. The van der Waals surface area contributed by atoms with Crippen LogP contribution >= 0.6 is 0 Å². The Hall–Kier alpha value is -2.81. The van der Waals surface area contributed by atoms with E-state index >= 15 is 0 Å². The van der Waals surface area contributed by atoms with Crippen LogP contribution in [0.25, 0.3) is 0 Å². The van der Waals surface area contributed by atoms with E-state index < -0.39 is 0 Å². The highest BCUT2D eigenvalue weighted by molar-refractivity contribution is 5.51. The summed E-state index contributed by atoms with van der Waals surface area (Å²) in [5.74, 6) is 2.29. The third-order valence-corrected chi connectivity index (χ3v) is 5.75. The number of benzene rings is 2. The number of hydrogen-bond acceptors (Lipinski definition) is 3. The minimum Gasteiger partial charge on any atom is -0.508 e. The van der Waals surface area contributed by atoms with Crippen molar-refractivity contribution >= 4 is 6.29 Å². The zero-order valence-corrected chi connectivity index (χ0v) is 15.3. The van der Waals surface area contributed by atoms with E-state index in [0.29, 0.717) is 23.5 Å². The van der Waals surface area contributed by atoms with Crippen LogP contribution < -0.4 is 0 Å². The van der Waals surface area contributed by atoms with E-state index in [1.54, 1.807) is 6.07 Å². The number of aryl methyl sites for hydroxylation is 1. The van der Waals surface area contributed by atoms with E-state index in [9.17, 15) is 9.90 Å². The molecule has 0 aliphatic heterocycles. The first-order chi connectivity index (χ1) is 13.3. The Morgan fingerprint density at radius 2 is 2.00 bits per heavy atom. The molecule has 0 spiro atoms. The number of aldehydes is 1. The van der Waals surface area contributed by atoms with Crippen molar-refractivity contribution in [2.45, 2.75) is 31.1 Å². The molecule has 2 aromatic carbocycles. The third kappa shape index (κ3) is 3.68. The average molecular weight is 360 g/mol. The predicted octanol–water partition coefficient (Wildman–Crippen LogP) is 4.88. The lowest BCUT2D eigenvalue weighted by molar-refractivity contribution is -0.110. The number of carbonyl (C=O) groups excluding carboxylic acids is 1. The van der Waals surface area contributed by atoms with Gasteiger partial charge in [0.1, 0.15) is 18.1 Å². The molecule has 0 amide bonds. The van der Waals surface area contributed by atoms with Gasteiger partial charge in [0.25, 0.3) is 0 Å². The molecular formula is C24H24O3. The van der Waals surface area contributed by atoms with Gasteiger partial charge in [-0.25, -0.2) is 0 Å². The van der Waals surface area contributed by atoms with E-state index in [1.165, 1.54) is 16.7 Å². The fraction of sp³-hybridized carbons (Fsp3) is 0.292. The van der Waals surface area contributed by atoms with E-state index in [1.807, 2.05) is 12.1 Å². The van der Waals surface area contributed by atoms with Gasteiger partial charge < -0.3 is 9.84 Å². The SMILES string of the molecule is O=CCOC1=CCC([C@@H]2c3ccc(O)cc3CCC2c2ccccc2)C=C1. The first kappa shape index (κ1) is 17.6. The number of fused-ring (bicyclic) bond motifs is 1. The van der Waals surface area contributed by atoms with Crippen molar-refractivity contribution in [3.63, 3.8) is 0 Å². The maximum atomic E-state index is 10.5. The van der Waals surface area contributed by atoms with Crippen LogP contribution in [0.5, 0.6) is 5.75 Å². The number of carbonyl (C=O) groups is 1. The Labute approximate surface area is 160 Å². The summed E-state index contributed by atoms with van der Waals surface area (Å²) in [6, 6.07) is 16.6. The van der Waals surface area contributed by atoms with Gasteiger partial charge in [0.05, 0.1) is 0 Å². The van der Waals surface area contributed by atoms with Crippen LogP contribution in [0.2, 0.25) is 0 Å². The molecule has 27 heavy (non-hydrogen) atoms. The number of aromatic hydroxyl groups is 1. The van der Waals surface area contributed by atoms with Crippen LogP contribution in [-0.2, 0) is 16.0 Å². The summed E-state index contributed by atoms with van der Waals surface area (Å²) in [5, 5.41) is 9.92. The summed E-state index contributed by atoms with van der Waals surface area (Å²) in [4.78, 5) is 10.5. The molecule has 0 aromatic heterocycles. The van der Waals surface area contributed by atoms with Crippen LogP contribution in [0.3, 0.4) is 0 Å². The molecule has 0 heterocycles. The molecule has 2 aliphatic rings. The first-order valence-electron chi connectivity index (χ1n) is 9.58. The molecule has 0 fully saturated rings. The fourth-order valence-electron chi connectivity index (χ4n) is 4.57. The summed E-state index contributed by atoms with van der Waals surface area (Å²) in [6.45, 7) is 0.0962. The molecule has 2 unspecified atom stereocenters. The number of rotatable bonds is 5. The number of allylic oxidation sites excluding steroid dienone is 3. The highest BCUT2D eigenvalue weighted by Gasteiger charge is 2.35. The normalized spacial score (nSPS) is 24.0. The van der Waals surface area contributed by atoms with Crippen LogP contribution in [0.15, 0.2) is 72.5 Å². The van der Waals surface area contributed by atoms with Gasteiger partial charge in [-0.15, -0.1) is 0 Å². The van der Waals surface area contributed by atoms with Crippen LogP contribution in [0.1, 0.15) is 41.4 Å². The van der Waals surface area contributed by atoms with Crippen LogP contribution in [0.4, 0.5) is 0 Å². The summed E-state index contributed by atoms with van der Waals surface area (Å²) >= 11 is 0. The summed E-state index contributed by atoms with van der Waals surface area (Å²) in [6.07, 6.45) is 10.0. The van der Waals surface area contributed by atoms with E-state index in [4.69, 9.17) is 4.74 Å². The third-order valence-electron chi connectivity index (χ3n) is 5.75. The first-order valence-corrected chi connectivity index (χ1v) is 9.58. The molecule has 0 saturated heterocycles. The molecule has 0 bridgehead atoms. The van der Waals surface area contributed by atoms with Gasteiger partial charge in [0, 0.05) is 0 Å². The van der Waals surface area contributed by atoms with E-state index in [2.05, 4.69) is 48.6 Å². The van der Waals surface area contributed by atoms with Gasteiger partial charge in [0.15, 0.2) is 6.29 Å². The largest absolute Gasteiger partial charge is 0.508 e. The fourth-order valence-corrected chi connectivity index (χ4v) is 4.57. The molecule has 0 saturated carbocycles. The van der Waals surface area contributed by atoms with E-state index in [-0.39, 0.29) is 6.61 Å². The standard InChI is InChI=1S/C24H24O3/c25-14-15-27-21-10-6-18(7-11-21)24-22(17-4-2-1-3-5-17)12-8-19-16-20(26)9-13-23(19)24/h1-6,9-11,13-14,16,18,22,24,26H,7-8,12,15H2/t18?,22?,24-/m0/s1. The van der Waals surface area contributed by atoms with Crippen molar-refractivity contribution < 1.29 is 14.6 Å². The van der Waals surface area contributed by atoms with Gasteiger partial charge in [-0.05, 0) is 78.0 Å². The molecule has 138 valence electrons. The lowest BCUT2D eigenvalue weighted by atomic mass is 9.65. The maximum Gasteiger partial charge on any atom is 0.157 e. The van der Waals surface area contributed by atoms with Crippen LogP contribution in [0, 0.1) is 5.92 Å². The molecule has 2 aromatic rings. The minimum absolute atomic E-state index is 0.0962. The van der Waals surface area contributed by atoms with E-state index in [0.717, 1.165) is 31.3 Å². The molecule has 4 rings (SSSR count). The predicted molar refractivity (Wildman–Crippen MR) is 106 cm³/mol. The van der Waals surface area contributed by atoms with Crippen LogP contribution in [-0.4, -0.2) is 18.0 Å². The van der Waals surface area contributed by atoms with Crippen molar-refractivity contribution in [1.29, 1.82) is 0 Å². The molecule has 3 atom stereocenters. The van der Waals surface area contributed by atoms with Gasteiger partial charge in [0.2, 0.25) is 0 Å². The van der Waals surface area contributed by atoms with Crippen molar-refractivity contribution in [3.05, 3.63) is 89.2 Å². The van der Waals surface area contributed by atoms with Crippen molar-refractivity contribution in [2.24, 2.45) is 5.92 Å². The summed E-state index contributed by atoms with van der Waals surface area (Å²) < 4.78 is 5.44. The highest BCUT2D eigenvalue weighted by atomic mass is 16.5. The Morgan fingerprint density at radius 3 is 2.74 bits per heavy atom. The van der Waals surface area contributed by atoms with Gasteiger partial charge in [-0.3, -0.25) is 4.79 Å². The zero-order chi connectivity index (χ0) is 18.6. The zero-order valence-electron chi connectivity index (χ0n) is 15.3. The Morgan fingerprint density at radius 1 is 1.15 bits per heavy atom. The number of ether oxygens (including phenoxy) is 1. The Kier molecular flexibility index (Phi) is 5.10. The van der Waals surface area contributed by atoms with Crippen molar-refractivity contribution in [3.8, 4) is 5.75 Å². The monoisotopic (exact) mass is 360 g/mol. The number of phenols is 1. The second-order valence-corrected chi connectivity index (χ2v) is 7.31. The maximum absolute atomic E-state index is 10.5. The Balaban J connectivity index is 1.67. The van der Waals surface area contributed by atoms with Gasteiger partial charge in [-0.1, -0.05) is 42.5 Å². The summed E-state index contributed by atoms with van der Waals surface area (Å²) in [7, 11) is 0. The van der Waals surface area contributed by atoms with Crippen molar-refractivity contribution in [2.75, 3.05) is 6.61 Å². The van der Waals surface area contributed by atoms with Gasteiger partial charge >= 0.3 is 0 Å². The molecule has 3 heteroatoms. The average Bonchev–Trinajstić information content (AvgIpc) is 2.72. The minimum atomic E-state index is 0.0962. The molecule has 3 nitrogen and oxygen atoms in total. The lowest BCUT2D eigenvalue weighted by Crippen LogP contribution is -2.25. The van der Waals surface area contributed by atoms with Crippen molar-refractivity contribution in [1.82, 2.24) is 0 Å². The molecule has 0 radical (unpaired) electrons. The number of phenolic OH excluding ortho intramolecular Hbond substituents is 1. The molecular weight excluding hydrogens is 336 g/mol. The second-order valence-electron chi connectivity index (χ2n) is 7.31. The topological polar surface area (TPSA) is 46.5 Å². The van der Waals surface area contributed by atoms with Gasteiger partial charge in [-0.2, -0.15) is 0 Å².